The van der Waals surface area contributed by atoms with Crippen LogP contribution in [-0.4, -0.2) is 16.6 Å². The molecule has 1 aromatic heterocycles. The second-order valence-corrected chi connectivity index (χ2v) is 7.00. The molecule has 0 radical (unpaired) electrons. The molecule has 2 aromatic rings. The molecule has 0 saturated carbocycles. The number of carbonyl (C=O) groups is 1. The summed E-state index contributed by atoms with van der Waals surface area (Å²) < 4.78 is 0. The van der Waals surface area contributed by atoms with Gasteiger partial charge in [-0.2, -0.15) is 0 Å². The van der Waals surface area contributed by atoms with Crippen LogP contribution >= 0.6 is 23.1 Å². The van der Waals surface area contributed by atoms with E-state index < -0.39 is 0 Å². The summed E-state index contributed by atoms with van der Waals surface area (Å²) in [5.41, 5.74) is 2.15. The second-order valence-electron chi connectivity index (χ2n) is 4.69. The Morgan fingerprint density at radius 1 is 1.35 bits per heavy atom. The van der Waals surface area contributed by atoms with E-state index >= 15 is 0 Å². The van der Waals surface area contributed by atoms with Gasteiger partial charge in [0.25, 0.3) is 0 Å². The number of amides is 1. The maximum atomic E-state index is 12.3. The summed E-state index contributed by atoms with van der Waals surface area (Å²) in [6.45, 7) is 4.78. The molecule has 1 amide bonds. The lowest BCUT2D eigenvalue weighted by molar-refractivity contribution is -0.116. The zero-order valence-corrected chi connectivity index (χ0v) is 13.2. The van der Waals surface area contributed by atoms with Crippen LogP contribution in [-0.2, 0) is 17.8 Å². The van der Waals surface area contributed by atoms with Crippen molar-refractivity contribution < 1.29 is 4.79 Å². The highest BCUT2D eigenvalue weighted by atomic mass is 32.2. The molecule has 0 bridgehead atoms. The van der Waals surface area contributed by atoms with Gasteiger partial charge >= 0.3 is 0 Å². The van der Waals surface area contributed by atoms with E-state index in [2.05, 4.69) is 18.0 Å². The maximum Gasteiger partial charge on any atom is 0.237 e. The summed E-state index contributed by atoms with van der Waals surface area (Å²) >= 11 is 3.32. The third-order valence-electron chi connectivity index (χ3n) is 3.33. The minimum Gasteiger partial charge on any atom is -0.305 e. The summed E-state index contributed by atoms with van der Waals surface area (Å²) in [6.07, 6.45) is 0.915. The molecule has 1 aliphatic heterocycles. The van der Waals surface area contributed by atoms with Crippen molar-refractivity contribution in [1.82, 2.24) is 4.98 Å². The van der Waals surface area contributed by atoms with Crippen molar-refractivity contribution in [2.24, 2.45) is 0 Å². The molecule has 0 spiro atoms. The Kier molecular flexibility index (Phi) is 3.81. The number of carbonyl (C=O) groups excluding carboxylic acids is 1. The van der Waals surface area contributed by atoms with Crippen LogP contribution in [0.2, 0.25) is 0 Å². The highest BCUT2D eigenvalue weighted by molar-refractivity contribution is 8.00. The first-order valence-electron chi connectivity index (χ1n) is 6.66. The normalized spacial score (nSPS) is 14.5. The number of fused-ring (bicyclic) bond motifs is 1. The number of anilines is 1. The van der Waals surface area contributed by atoms with E-state index in [4.69, 9.17) is 0 Å². The first kappa shape index (κ1) is 13.6. The third kappa shape index (κ3) is 2.47. The lowest BCUT2D eigenvalue weighted by Crippen LogP contribution is -2.34. The Morgan fingerprint density at radius 2 is 2.15 bits per heavy atom. The number of thioether (sulfide) groups is 1. The molecule has 0 unspecified atom stereocenters. The molecule has 0 aliphatic carbocycles. The first-order chi connectivity index (χ1) is 9.69. The monoisotopic (exact) mass is 304 g/mol. The molecule has 5 heteroatoms. The van der Waals surface area contributed by atoms with E-state index in [1.165, 1.54) is 9.77 Å². The molecule has 1 aromatic carbocycles. The summed E-state index contributed by atoms with van der Waals surface area (Å²) in [4.78, 5) is 21.1. The van der Waals surface area contributed by atoms with Crippen LogP contribution in [0.3, 0.4) is 0 Å². The van der Waals surface area contributed by atoms with Gasteiger partial charge < -0.3 is 4.90 Å². The van der Waals surface area contributed by atoms with Crippen molar-refractivity contribution in [2.45, 2.75) is 31.7 Å². The first-order valence-corrected chi connectivity index (χ1v) is 8.46. The molecule has 3 rings (SSSR count). The van der Waals surface area contributed by atoms with E-state index in [1.54, 1.807) is 23.1 Å². The van der Waals surface area contributed by atoms with Gasteiger partial charge in [-0.25, -0.2) is 4.98 Å². The Bertz CT molecular complexity index is 651. The number of rotatable bonds is 3. The van der Waals surface area contributed by atoms with Crippen LogP contribution in [0.4, 0.5) is 5.69 Å². The maximum absolute atomic E-state index is 12.3. The van der Waals surface area contributed by atoms with Crippen LogP contribution in [0.25, 0.3) is 0 Å². The van der Waals surface area contributed by atoms with Gasteiger partial charge in [-0.15, -0.1) is 23.1 Å². The fraction of sp³-hybridized carbons (Fsp3) is 0.333. The van der Waals surface area contributed by atoms with E-state index in [0.717, 1.165) is 22.8 Å². The molecule has 0 N–H and O–H groups in total. The van der Waals surface area contributed by atoms with Gasteiger partial charge in [-0.3, -0.25) is 4.79 Å². The van der Waals surface area contributed by atoms with Crippen LogP contribution in [0.15, 0.2) is 29.2 Å². The quantitative estimate of drug-likeness (QED) is 0.868. The number of para-hydroxylation sites is 1. The lowest BCUT2D eigenvalue weighted by atomic mass is 10.2. The third-order valence-corrected chi connectivity index (χ3v) is 5.38. The fourth-order valence-corrected chi connectivity index (χ4v) is 4.33. The largest absolute Gasteiger partial charge is 0.305 e. The Morgan fingerprint density at radius 3 is 2.95 bits per heavy atom. The Labute approximate surface area is 127 Å². The van der Waals surface area contributed by atoms with Crippen molar-refractivity contribution in [3.8, 4) is 0 Å². The van der Waals surface area contributed by atoms with Gasteiger partial charge in [-0.05, 0) is 25.5 Å². The highest BCUT2D eigenvalue weighted by Crippen LogP contribution is 2.36. The van der Waals surface area contributed by atoms with Gasteiger partial charge in [0.15, 0.2) is 0 Å². The molecule has 0 saturated heterocycles. The zero-order chi connectivity index (χ0) is 14.1. The molecule has 0 fully saturated rings. The van der Waals surface area contributed by atoms with Crippen molar-refractivity contribution >= 4 is 34.7 Å². The number of aryl methyl sites for hydroxylation is 2. The molecule has 20 heavy (non-hydrogen) atoms. The molecule has 2 heterocycles. The van der Waals surface area contributed by atoms with Crippen molar-refractivity contribution in [1.29, 1.82) is 0 Å². The average molecular weight is 304 g/mol. The zero-order valence-electron chi connectivity index (χ0n) is 11.5. The number of thiazole rings is 1. The fourth-order valence-electron chi connectivity index (χ4n) is 2.38. The summed E-state index contributed by atoms with van der Waals surface area (Å²) in [6, 6.07) is 8.12. The number of hydrogen-bond acceptors (Lipinski definition) is 4. The van der Waals surface area contributed by atoms with Crippen molar-refractivity contribution in [3.63, 3.8) is 0 Å². The molecule has 1 aliphatic rings. The number of nitrogens with zero attached hydrogens (tertiary/aromatic N) is 2. The van der Waals surface area contributed by atoms with E-state index in [-0.39, 0.29) is 5.91 Å². The molecule has 0 atom stereocenters. The smallest absolute Gasteiger partial charge is 0.237 e. The van der Waals surface area contributed by atoms with Crippen molar-refractivity contribution in [2.75, 3.05) is 10.7 Å². The summed E-state index contributed by atoms with van der Waals surface area (Å²) in [5.74, 6) is 0.706. The van der Waals surface area contributed by atoms with Gasteiger partial charge in [-0.1, -0.05) is 19.1 Å². The van der Waals surface area contributed by atoms with E-state index in [9.17, 15) is 4.79 Å². The van der Waals surface area contributed by atoms with Gasteiger partial charge in [0, 0.05) is 9.77 Å². The van der Waals surface area contributed by atoms with Crippen molar-refractivity contribution in [3.05, 3.63) is 39.8 Å². The van der Waals surface area contributed by atoms with Crippen LogP contribution in [0, 0.1) is 6.92 Å². The summed E-state index contributed by atoms with van der Waals surface area (Å²) in [7, 11) is 0. The molecule has 104 valence electrons. The van der Waals surface area contributed by atoms with Crippen LogP contribution < -0.4 is 4.90 Å². The average Bonchev–Trinajstić information content (AvgIpc) is 2.82. The molecule has 3 nitrogen and oxygen atoms in total. The van der Waals surface area contributed by atoms with Crippen LogP contribution in [0.1, 0.15) is 22.5 Å². The number of benzene rings is 1. The van der Waals surface area contributed by atoms with Gasteiger partial charge in [0.1, 0.15) is 0 Å². The Hall–Kier alpha value is -1.33. The van der Waals surface area contributed by atoms with E-state index in [0.29, 0.717) is 12.3 Å². The van der Waals surface area contributed by atoms with Gasteiger partial charge in [0.2, 0.25) is 5.91 Å². The van der Waals surface area contributed by atoms with Crippen LogP contribution in [0.5, 0.6) is 0 Å². The minimum absolute atomic E-state index is 0.182. The SMILES string of the molecule is CCc1nc(C)sc1CN1C(=O)CSc2ccccc21. The second kappa shape index (κ2) is 5.58. The standard InChI is InChI=1S/C15H16N2OS2/c1-3-11-14(20-10(2)16-11)8-17-12-6-4-5-7-13(12)19-9-15(17)18/h4-7H,3,8-9H2,1-2H3. The predicted octanol–water partition coefficient (Wildman–Crippen LogP) is 3.65. The number of hydrogen-bond donors (Lipinski definition) is 0. The molecular formula is C15H16N2OS2. The predicted molar refractivity (Wildman–Crippen MR) is 84.6 cm³/mol. The summed E-state index contributed by atoms with van der Waals surface area (Å²) in [5, 5.41) is 1.07. The Balaban J connectivity index is 1.95. The minimum atomic E-state index is 0.182. The number of aromatic nitrogens is 1. The lowest BCUT2D eigenvalue weighted by Gasteiger charge is -2.28. The van der Waals surface area contributed by atoms with E-state index in [1.807, 2.05) is 30.0 Å². The molecular weight excluding hydrogens is 288 g/mol. The van der Waals surface area contributed by atoms with Gasteiger partial charge in [0.05, 0.1) is 28.7 Å². The highest BCUT2D eigenvalue weighted by Gasteiger charge is 2.25. The topological polar surface area (TPSA) is 33.2 Å².